The molecule has 0 fully saturated rings. The van der Waals surface area contributed by atoms with Crippen molar-refractivity contribution in [3.8, 4) is 0 Å². The molecule has 17 heavy (non-hydrogen) atoms. The van der Waals surface area contributed by atoms with E-state index in [1.54, 1.807) is 6.20 Å². The molecule has 2 aromatic rings. The fourth-order valence-corrected chi connectivity index (χ4v) is 2.14. The Hall–Kier alpha value is -1.10. The van der Waals surface area contributed by atoms with Gasteiger partial charge < -0.3 is 10.2 Å². The van der Waals surface area contributed by atoms with Crippen molar-refractivity contribution in [3.63, 3.8) is 0 Å². The Balaban J connectivity index is 2.36. The van der Waals surface area contributed by atoms with Crippen molar-refractivity contribution in [1.82, 2.24) is 10.2 Å². The molecule has 0 saturated heterocycles. The van der Waals surface area contributed by atoms with Gasteiger partial charge in [-0.15, -0.1) is 11.6 Å². The molecule has 1 heterocycles. The Bertz CT molecular complexity index is 512. The molecule has 0 aliphatic rings. The first-order valence-corrected chi connectivity index (χ1v) is 6.02. The number of halogens is 1. The van der Waals surface area contributed by atoms with Crippen molar-refractivity contribution in [3.05, 3.63) is 29.5 Å². The summed E-state index contributed by atoms with van der Waals surface area (Å²) in [6.07, 6.45) is 0.313. The number of aliphatic hydroxyl groups excluding tert-OH is 2. The molecule has 4 nitrogen and oxygen atoms in total. The molecule has 0 spiro atoms. The van der Waals surface area contributed by atoms with Crippen molar-refractivity contribution >= 4 is 22.5 Å². The van der Waals surface area contributed by atoms with Crippen LogP contribution in [-0.2, 0) is 0 Å². The lowest BCUT2D eigenvalue weighted by Crippen LogP contribution is -2.19. The highest BCUT2D eigenvalue weighted by Gasteiger charge is 2.20. The predicted molar refractivity (Wildman–Crippen MR) is 67.1 cm³/mol. The van der Waals surface area contributed by atoms with Crippen LogP contribution in [0.25, 0.3) is 10.9 Å². The number of rotatable bonds is 4. The molecule has 1 aromatic heterocycles. The summed E-state index contributed by atoms with van der Waals surface area (Å²) in [6.45, 7) is 1.90. The van der Waals surface area contributed by atoms with Gasteiger partial charge in [0, 0.05) is 11.3 Å². The van der Waals surface area contributed by atoms with Gasteiger partial charge in [0.25, 0.3) is 0 Å². The highest BCUT2D eigenvalue weighted by molar-refractivity contribution is 6.17. The van der Waals surface area contributed by atoms with Gasteiger partial charge in [0.1, 0.15) is 6.10 Å². The molecule has 0 bridgehead atoms. The van der Waals surface area contributed by atoms with Gasteiger partial charge in [-0.05, 0) is 36.6 Å². The van der Waals surface area contributed by atoms with Gasteiger partial charge in [0.15, 0.2) is 0 Å². The lowest BCUT2D eigenvalue weighted by atomic mass is 9.97. The molecule has 2 unspecified atom stereocenters. The molecule has 0 aliphatic heterocycles. The minimum atomic E-state index is -0.909. The van der Waals surface area contributed by atoms with E-state index in [2.05, 4.69) is 10.2 Å². The molecule has 0 saturated carbocycles. The monoisotopic (exact) mass is 254 g/mol. The van der Waals surface area contributed by atoms with Crippen LogP contribution in [-0.4, -0.2) is 32.4 Å². The van der Waals surface area contributed by atoms with Crippen LogP contribution in [0.4, 0.5) is 0 Å². The maximum absolute atomic E-state index is 10.1. The maximum Gasteiger partial charge on any atom is 0.105 e. The molecular formula is C12H15ClN2O2. The standard InChI is InChI=1S/C12H15ClN2O2/c1-7-4-10-8(6-14-15-10)5-9(7)12(17)11(16)2-3-13/h4-6,11-12,16-17H,2-3H2,1H3,(H,14,15). The second kappa shape index (κ2) is 5.04. The molecular weight excluding hydrogens is 240 g/mol. The average Bonchev–Trinajstić information content (AvgIpc) is 2.74. The number of aliphatic hydroxyl groups is 2. The summed E-state index contributed by atoms with van der Waals surface area (Å²) in [4.78, 5) is 0. The third kappa shape index (κ3) is 2.44. The minimum absolute atomic E-state index is 0.325. The third-order valence-corrected chi connectivity index (χ3v) is 3.13. The number of aromatic nitrogens is 2. The zero-order valence-electron chi connectivity index (χ0n) is 9.52. The number of aryl methyl sites for hydroxylation is 1. The summed E-state index contributed by atoms with van der Waals surface area (Å²) in [5.41, 5.74) is 2.56. The number of nitrogens with zero attached hydrogens (tertiary/aromatic N) is 1. The van der Waals surface area contributed by atoms with Crippen LogP contribution in [0.1, 0.15) is 23.7 Å². The summed E-state index contributed by atoms with van der Waals surface area (Å²) in [5, 5.41) is 27.5. The molecule has 3 N–H and O–H groups in total. The fourth-order valence-electron chi connectivity index (χ4n) is 1.91. The van der Waals surface area contributed by atoms with Gasteiger partial charge in [-0.1, -0.05) is 0 Å². The normalized spacial score (nSPS) is 15.1. The zero-order valence-corrected chi connectivity index (χ0v) is 10.3. The van der Waals surface area contributed by atoms with Crippen molar-refractivity contribution in [2.24, 2.45) is 0 Å². The molecule has 2 atom stereocenters. The summed E-state index contributed by atoms with van der Waals surface area (Å²) in [7, 11) is 0. The topological polar surface area (TPSA) is 69.1 Å². The molecule has 1 aromatic carbocycles. The SMILES string of the molecule is Cc1cc2[nH]ncc2cc1C(O)C(O)CCCl. The van der Waals surface area contributed by atoms with Crippen molar-refractivity contribution in [2.75, 3.05) is 5.88 Å². The Labute approximate surface area is 104 Å². The summed E-state index contributed by atoms with van der Waals surface area (Å²) in [5.74, 6) is 0.325. The molecule has 2 rings (SSSR count). The van der Waals surface area contributed by atoms with Gasteiger partial charge in [-0.25, -0.2) is 0 Å². The lowest BCUT2D eigenvalue weighted by molar-refractivity contribution is 0.0167. The number of aromatic amines is 1. The number of alkyl halides is 1. The number of H-pyrrole nitrogens is 1. The zero-order chi connectivity index (χ0) is 12.4. The smallest absolute Gasteiger partial charge is 0.105 e. The minimum Gasteiger partial charge on any atom is -0.390 e. The van der Waals surface area contributed by atoms with Crippen LogP contribution in [0.2, 0.25) is 0 Å². The number of nitrogens with one attached hydrogen (secondary N) is 1. The van der Waals surface area contributed by atoms with Gasteiger partial charge >= 0.3 is 0 Å². The van der Waals surface area contributed by atoms with E-state index in [-0.39, 0.29) is 0 Å². The van der Waals surface area contributed by atoms with Gasteiger partial charge in [0.2, 0.25) is 0 Å². The van der Waals surface area contributed by atoms with Crippen LogP contribution in [0.5, 0.6) is 0 Å². The van der Waals surface area contributed by atoms with Gasteiger partial charge in [0.05, 0.1) is 17.8 Å². The highest BCUT2D eigenvalue weighted by Crippen LogP contribution is 2.26. The van der Waals surface area contributed by atoms with E-state index in [9.17, 15) is 10.2 Å². The fraction of sp³-hybridized carbons (Fsp3) is 0.417. The second-order valence-corrected chi connectivity index (χ2v) is 4.53. The van der Waals surface area contributed by atoms with E-state index >= 15 is 0 Å². The Morgan fingerprint density at radius 1 is 1.41 bits per heavy atom. The van der Waals surface area contributed by atoms with Crippen molar-refractivity contribution in [2.45, 2.75) is 25.6 Å². The summed E-state index contributed by atoms with van der Waals surface area (Å²) in [6, 6.07) is 3.75. The Morgan fingerprint density at radius 3 is 2.88 bits per heavy atom. The van der Waals surface area contributed by atoms with E-state index in [0.717, 1.165) is 22.0 Å². The van der Waals surface area contributed by atoms with E-state index in [1.807, 2.05) is 19.1 Å². The van der Waals surface area contributed by atoms with Crippen LogP contribution in [0, 0.1) is 6.92 Å². The molecule has 92 valence electrons. The number of hydrogen-bond donors (Lipinski definition) is 3. The van der Waals surface area contributed by atoms with Crippen LogP contribution < -0.4 is 0 Å². The Morgan fingerprint density at radius 2 is 2.18 bits per heavy atom. The highest BCUT2D eigenvalue weighted by atomic mass is 35.5. The van der Waals surface area contributed by atoms with E-state index < -0.39 is 12.2 Å². The first-order chi connectivity index (χ1) is 8.13. The maximum atomic E-state index is 10.1. The average molecular weight is 255 g/mol. The quantitative estimate of drug-likeness (QED) is 0.730. The third-order valence-electron chi connectivity index (χ3n) is 2.91. The van der Waals surface area contributed by atoms with E-state index in [1.165, 1.54) is 0 Å². The van der Waals surface area contributed by atoms with E-state index in [4.69, 9.17) is 11.6 Å². The molecule has 0 radical (unpaired) electrons. The number of benzene rings is 1. The van der Waals surface area contributed by atoms with Crippen LogP contribution in [0.15, 0.2) is 18.3 Å². The first-order valence-electron chi connectivity index (χ1n) is 5.49. The lowest BCUT2D eigenvalue weighted by Gasteiger charge is -2.19. The summed E-state index contributed by atoms with van der Waals surface area (Å²) >= 11 is 5.56. The summed E-state index contributed by atoms with van der Waals surface area (Å²) < 4.78 is 0. The van der Waals surface area contributed by atoms with Crippen LogP contribution in [0.3, 0.4) is 0 Å². The number of hydrogen-bond acceptors (Lipinski definition) is 3. The molecule has 0 amide bonds. The Kier molecular flexibility index (Phi) is 3.66. The molecule has 5 heteroatoms. The van der Waals surface area contributed by atoms with Crippen molar-refractivity contribution < 1.29 is 10.2 Å². The number of fused-ring (bicyclic) bond motifs is 1. The second-order valence-electron chi connectivity index (χ2n) is 4.16. The largest absolute Gasteiger partial charge is 0.390 e. The van der Waals surface area contributed by atoms with E-state index in [0.29, 0.717) is 12.3 Å². The van der Waals surface area contributed by atoms with Crippen molar-refractivity contribution in [1.29, 1.82) is 0 Å². The van der Waals surface area contributed by atoms with Crippen LogP contribution >= 0.6 is 11.6 Å². The first kappa shape index (κ1) is 12.4. The van der Waals surface area contributed by atoms with Gasteiger partial charge in [-0.2, -0.15) is 5.10 Å². The predicted octanol–water partition coefficient (Wildman–Crippen LogP) is 1.89. The molecule has 0 aliphatic carbocycles. The van der Waals surface area contributed by atoms with Gasteiger partial charge in [-0.3, -0.25) is 5.10 Å².